The van der Waals surface area contributed by atoms with Crippen LogP contribution in [-0.4, -0.2) is 73.9 Å². The second kappa shape index (κ2) is 7.19. The van der Waals surface area contributed by atoms with Crippen LogP contribution in [0.3, 0.4) is 0 Å². The average Bonchev–Trinajstić information content (AvgIpc) is 3.06. The van der Waals surface area contributed by atoms with Crippen LogP contribution in [-0.2, 0) is 11.3 Å². The van der Waals surface area contributed by atoms with Gasteiger partial charge in [-0.1, -0.05) is 0 Å². The third-order valence-electron chi connectivity index (χ3n) is 4.81. The fourth-order valence-electron chi connectivity index (χ4n) is 3.52. The number of rotatable bonds is 4. The zero-order valence-electron chi connectivity index (χ0n) is 13.0. The molecule has 0 radical (unpaired) electrons. The molecule has 3 rings (SSSR count). The lowest BCUT2D eigenvalue weighted by Gasteiger charge is -2.41. The summed E-state index contributed by atoms with van der Waals surface area (Å²) in [5.41, 5.74) is 0. The molecule has 0 aromatic carbocycles. The van der Waals surface area contributed by atoms with Crippen molar-refractivity contribution in [1.82, 2.24) is 24.6 Å². The molecule has 1 aromatic heterocycles. The van der Waals surface area contributed by atoms with E-state index < -0.39 is 0 Å². The third-order valence-corrected chi connectivity index (χ3v) is 4.81. The van der Waals surface area contributed by atoms with Gasteiger partial charge in [-0.2, -0.15) is 0 Å². The summed E-state index contributed by atoms with van der Waals surface area (Å²) in [6.45, 7) is 4.19. The van der Waals surface area contributed by atoms with E-state index in [-0.39, 0.29) is 12.0 Å². The molecule has 0 saturated carbocycles. The van der Waals surface area contributed by atoms with Crippen molar-refractivity contribution in [3.8, 4) is 0 Å². The van der Waals surface area contributed by atoms with E-state index in [0.29, 0.717) is 19.0 Å². The number of hydrogen-bond donors (Lipinski definition) is 1. The Balaban J connectivity index is 1.42. The van der Waals surface area contributed by atoms with E-state index in [0.717, 1.165) is 51.9 Å². The highest BCUT2D eigenvalue weighted by Gasteiger charge is 2.29. The van der Waals surface area contributed by atoms with Crippen LogP contribution < -0.4 is 0 Å². The van der Waals surface area contributed by atoms with Crippen LogP contribution in [0.1, 0.15) is 32.1 Å². The number of aromatic nitrogens is 3. The summed E-state index contributed by atoms with van der Waals surface area (Å²) in [4.78, 5) is 16.6. The van der Waals surface area contributed by atoms with E-state index >= 15 is 0 Å². The molecule has 2 aliphatic heterocycles. The highest BCUT2D eigenvalue weighted by atomic mass is 16.3. The van der Waals surface area contributed by atoms with Gasteiger partial charge in [0.25, 0.3) is 0 Å². The quantitative estimate of drug-likeness (QED) is 0.855. The van der Waals surface area contributed by atoms with Crippen LogP contribution in [0.25, 0.3) is 0 Å². The first-order valence-corrected chi connectivity index (χ1v) is 8.24. The smallest absolute Gasteiger partial charge is 0.224 e. The molecule has 0 unspecified atom stereocenters. The van der Waals surface area contributed by atoms with Crippen LogP contribution in [0.4, 0.5) is 0 Å². The van der Waals surface area contributed by atoms with Crippen molar-refractivity contribution in [2.24, 2.45) is 0 Å². The predicted octanol–water partition coefficient (Wildman–Crippen LogP) is 0.116. The largest absolute Gasteiger partial charge is 0.392 e. The Morgan fingerprint density at radius 2 is 1.86 bits per heavy atom. The summed E-state index contributed by atoms with van der Waals surface area (Å²) in [6, 6.07) is 0.525. The van der Waals surface area contributed by atoms with Crippen LogP contribution in [0.5, 0.6) is 0 Å². The van der Waals surface area contributed by atoms with Gasteiger partial charge < -0.3 is 14.6 Å². The van der Waals surface area contributed by atoms with Crippen molar-refractivity contribution in [3.63, 3.8) is 0 Å². The van der Waals surface area contributed by atoms with Gasteiger partial charge in [-0.05, 0) is 32.2 Å². The molecule has 2 fully saturated rings. The Labute approximate surface area is 130 Å². The van der Waals surface area contributed by atoms with Crippen molar-refractivity contribution in [2.45, 2.75) is 50.8 Å². The molecule has 1 atom stereocenters. The normalized spacial score (nSPS) is 24.6. The van der Waals surface area contributed by atoms with Gasteiger partial charge in [-0.25, -0.2) is 0 Å². The molecule has 7 heteroatoms. The van der Waals surface area contributed by atoms with Gasteiger partial charge in [-0.15, -0.1) is 10.2 Å². The summed E-state index contributed by atoms with van der Waals surface area (Å²) in [5, 5.41) is 17.3. The number of aliphatic hydroxyl groups excluding tert-OH is 1. The van der Waals surface area contributed by atoms with Crippen molar-refractivity contribution in [1.29, 1.82) is 0 Å². The zero-order valence-corrected chi connectivity index (χ0v) is 13.0. The number of carbonyl (C=O) groups is 1. The number of carbonyl (C=O) groups excluding carboxylic acids is 1. The van der Waals surface area contributed by atoms with Gasteiger partial charge in [0.05, 0.1) is 6.10 Å². The van der Waals surface area contributed by atoms with E-state index in [1.807, 2.05) is 9.47 Å². The standard InChI is InChI=1S/C15H25N5O2/c21-14-2-1-6-20(10-14)13-3-8-19(9-4-13)15(22)5-7-18-11-16-17-12-18/h11-14,21H,1-10H2/t14-/m1/s1. The van der Waals surface area contributed by atoms with Gasteiger partial charge in [0, 0.05) is 38.6 Å². The Kier molecular flexibility index (Phi) is 5.04. The van der Waals surface area contributed by atoms with E-state index in [1.54, 1.807) is 12.7 Å². The average molecular weight is 307 g/mol. The second-order valence-corrected chi connectivity index (χ2v) is 6.35. The van der Waals surface area contributed by atoms with Gasteiger partial charge in [0.2, 0.25) is 5.91 Å². The highest BCUT2D eigenvalue weighted by Crippen LogP contribution is 2.21. The molecule has 0 aliphatic carbocycles. The lowest BCUT2D eigenvalue weighted by atomic mass is 9.99. The van der Waals surface area contributed by atoms with Crippen LogP contribution in [0.15, 0.2) is 12.7 Å². The highest BCUT2D eigenvalue weighted by molar-refractivity contribution is 5.76. The molecule has 7 nitrogen and oxygen atoms in total. The third kappa shape index (κ3) is 3.84. The molecule has 3 heterocycles. The van der Waals surface area contributed by atoms with Gasteiger partial charge in [-0.3, -0.25) is 9.69 Å². The summed E-state index contributed by atoms with van der Waals surface area (Å²) < 4.78 is 1.83. The summed E-state index contributed by atoms with van der Waals surface area (Å²) >= 11 is 0. The zero-order chi connectivity index (χ0) is 15.4. The first kappa shape index (κ1) is 15.4. The molecule has 122 valence electrons. The number of likely N-dealkylation sites (tertiary alicyclic amines) is 2. The Morgan fingerprint density at radius 1 is 1.14 bits per heavy atom. The predicted molar refractivity (Wildman–Crippen MR) is 81.1 cm³/mol. The SMILES string of the molecule is O=C(CCn1cnnc1)N1CCC(N2CCC[C@@H](O)C2)CC1. The van der Waals surface area contributed by atoms with E-state index in [2.05, 4.69) is 15.1 Å². The Bertz CT molecular complexity index is 470. The van der Waals surface area contributed by atoms with E-state index in [1.165, 1.54) is 0 Å². The molecule has 2 aliphatic rings. The monoisotopic (exact) mass is 307 g/mol. The molecule has 0 spiro atoms. The molecular weight excluding hydrogens is 282 g/mol. The minimum atomic E-state index is -0.169. The first-order valence-electron chi connectivity index (χ1n) is 8.24. The lowest BCUT2D eigenvalue weighted by Crippen LogP contribution is -2.50. The number of amides is 1. The number of aliphatic hydroxyl groups is 1. The van der Waals surface area contributed by atoms with Gasteiger partial charge in [0.15, 0.2) is 0 Å². The Hall–Kier alpha value is -1.47. The van der Waals surface area contributed by atoms with E-state index in [4.69, 9.17) is 0 Å². The molecule has 2 saturated heterocycles. The summed E-state index contributed by atoms with van der Waals surface area (Å²) in [5.74, 6) is 0.214. The molecule has 1 amide bonds. The van der Waals surface area contributed by atoms with Crippen LogP contribution >= 0.6 is 0 Å². The lowest BCUT2D eigenvalue weighted by molar-refractivity contribution is -0.133. The minimum absolute atomic E-state index is 0.169. The van der Waals surface area contributed by atoms with Crippen molar-refractivity contribution >= 4 is 5.91 Å². The summed E-state index contributed by atoms with van der Waals surface area (Å²) in [6.07, 6.45) is 7.66. The minimum Gasteiger partial charge on any atom is -0.392 e. The number of nitrogens with zero attached hydrogens (tertiary/aromatic N) is 5. The maximum atomic E-state index is 12.2. The number of β-amino-alcohol motifs (C(OH)–C–C–N with tert-alkyl or cyclic N) is 1. The van der Waals surface area contributed by atoms with Crippen molar-refractivity contribution < 1.29 is 9.90 Å². The maximum Gasteiger partial charge on any atom is 0.224 e. The fraction of sp³-hybridized carbons (Fsp3) is 0.800. The first-order chi connectivity index (χ1) is 10.7. The van der Waals surface area contributed by atoms with E-state index in [9.17, 15) is 9.90 Å². The number of hydrogen-bond acceptors (Lipinski definition) is 5. The van der Waals surface area contributed by atoms with Crippen molar-refractivity contribution in [3.05, 3.63) is 12.7 Å². The number of piperidine rings is 2. The molecule has 1 aromatic rings. The van der Waals surface area contributed by atoms with Crippen molar-refractivity contribution in [2.75, 3.05) is 26.2 Å². The Morgan fingerprint density at radius 3 is 2.55 bits per heavy atom. The topological polar surface area (TPSA) is 74.5 Å². The number of aryl methyl sites for hydroxylation is 1. The second-order valence-electron chi connectivity index (χ2n) is 6.35. The maximum absolute atomic E-state index is 12.2. The molecule has 0 bridgehead atoms. The fourth-order valence-corrected chi connectivity index (χ4v) is 3.52. The van der Waals surface area contributed by atoms with Gasteiger partial charge >= 0.3 is 0 Å². The molecule has 1 N–H and O–H groups in total. The summed E-state index contributed by atoms with van der Waals surface area (Å²) in [7, 11) is 0. The molecule has 22 heavy (non-hydrogen) atoms. The van der Waals surface area contributed by atoms with Crippen LogP contribution in [0, 0.1) is 0 Å². The van der Waals surface area contributed by atoms with Gasteiger partial charge in [0.1, 0.15) is 12.7 Å². The van der Waals surface area contributed by atoms with Crippen LogP contribution in [0.2, 0.25) is 0 Å². The molecular formula is C15H25N5O2.